The van der Waals surface area contributed by atoms with Crippen molar-refractivity contribution in [3.05, 3.63) is 0 Å². The Bertz CT molecular complexity index is 340. The molecule has 2 fully saturated rings. The summed E-state index contributed by atoms with van der Waals surface area (Å²) in [4.78, 5) is 12.1. The van der Waals surface area contributed by atoms with E-state index in [0.29, 0.717) is 0 Å². The minimum atomic E-state index is -1.28. The Hall–Kier alpha value is -0.480. The zero-order chi connectivity index (χ0) is 14.7. The van der Waals surface area contributed by atoms with Gasteiger partial charge in [0.1, 0.15) is 24.4 Å². The van der Waals surface area contributed by atoms with Crippen LogP contribution >= 0.6 is 12.4 Å². The molecule has 21 heavy (non-hydrogen) atoms. The molecule has 0 aliphatic carbocycles. The fourth-order valence-corrected chi connectivity index (χ4v) is 2.61. The number of hydrogen-bond acceptors (Lipinski definition) is 7. The van der Waals surface area contributed by atoms with Gasteiger partial charge in [0, 0.05) is 7.11 Å². The predicted molar refractivity (Wildman–Crippen MR) is 75.0 cm³/mol. The van der Waals surface area contributed by atoms with Crippen molar-refractivity contribution >= 4 is 18.3 Å². The van der Waals surface area contributed by atoms with Crippen LogP contribution in [-0.2, 0) is 14.3 Å². The van der Waals surface area contributed by atoms with E-state index in [1.165, 1.54) is 7.11 Å². The molecule has 0 spiro atoms. The number of carbonyl (C=O) groups excluding carboxylic acids is 1. The molecule has 9 heteroatoms. The van der Waals surface area contributed by atoms with Crippen molar-refractivity contribution in [1.82, 2.24) is 10.6 Å². The Kier molecular flexibility index (Phi) is 7.28. The number of aliphatic hydroxyl groups excluding tert-OH is 3. The summed E-state index contributed by atoms with van der Waals surface area (Å²) in [5.74, 6) is -0.258. The highest BCUT2D eigenvalue weighted by Gasteiger charge is 2.45. The number of methoxy groups -OCH3 is 1. The van der Waals surface area contributed by atoms with Gasteiger partial charge in [-0.05, 0) is 19.4 Å². The second-order valence-corrected chi connectivity index (χ2v) is 5.13. The summed E-state index contributed by atoms with van der Waals surface area (Å²) in [5, 5.41) is 34.7. The van der Waals surface area contributed by atoms with E-state index in [4.69, 9.17) is 14.6 Å². The summed E-state index contributed by atoms with van der Waals surface area (Å²) in [7, 11) is 1.37. The standard InChI is InChI=1S/C12H22N2O6.ClH/c1-19-12-8(10(17)9(16)7(5-15)20-12)14-11(18)6-3-2-4-13-6;/h6-10,12-13,15-17H,2-5H2,1H3,(H,14,18);1H/t6-,7+,8+,9+,10+,12-;/m0./s1. The molecule has 0 aromatic carbocycles. The van der Waals surface area contributed by atoms with Crippen molar-refractivity contribution in [1.29, 1.82) is 0 Å². The molecule has 2 aliphatic rings. The van der Waals surface area contributed by atoms with Crippen molar-refractivity contribution in [2.75, 3.05) is 20.3 Å². The Morgan fingerprint density at radius 3 is 2.67 bits per heavy atom. The average molecular weight is 327 g/mol. The number of halogens is 1. The maximum Gasteiger partial charge on any atom is 0.237 e. The van der Waals surface area contributed by atoms with Crippen LogP contribution in [-0.4, -0.2) is 78.2 Å². The number of rotatable bonds is 4. The Labute approximate surface area is 129 Å². The predicted octanol–water partition coefficient (Wildman–Crippen LogP) is -2.27. The highest BCUT2D eigenvalue weighted by molar-refractivity contribution is 5.85. The molecule has 0 bridgehead atoms. The third-order valence-electron chi connectivity index (χ3n) is 3.80. The van der Waals surface area contributed by atoms with Crippen LogP contribution in [0.2, 0.25) is 0 Å². The molecule has 2 saturated heterocycles. The zero-order valence-corrected chi connectivity index (χ0v) is 12.6. The molecule has 0 radical (unpaired) electrons. The molecule has 6 atom stereocenters. The van der Waals surface area contributed by atoms with Crippen LogP contribution in [0, 0.1) is 0 Å². The third kappa shape index (κ3) is 4.04. The van der Waals surface area contributed by atoms with E-state index in [-0.39, 0.29) is 24.4 Å². The molecule has 0 unspecified atom stereocenters. The van der Waals surface area contributed by atoms with E-state index in [0.717, 1.165) is 19.4 Å². The van der Waals surface area contributed by atoms with E-state index >= 15 is 0 Å². The van der Waals surface area contributed by atoms with E-state index in [1.807, 2.05) is 0 Å². The summed E-state index contributed by atoms with van der Waals surface area (Å²) < 4.78 is 10.4. The lowest BCUT2D eigenvalue weighted by Gasteiger charge is -2.42. The highest BCUT2D eigenvalue weighted by atomic mass is 35.5. The lowest BCUT2D eigenvalue weighted by Crippen LogP contribution is -2.65. The molecular formula is C12H23ClN2O6. The average Bonchev–Trinajstić information content (AvgIpc) is 2.98. The number of aliphatic hydroxyl groups is 3. The molecule has 1 amide bonds. The van der Waals surface area contributed by atoms with E-state index in [1.54, 1.807) is 0 Å². The first-order valence-electron chi connectivity index (χ1n) is 6.77. The maximum absolute atomic E-state index is 12.1. The van der Waals surface area contributed by atoms with Gasteiger partial charge in [0.25, 0.3) is 0 Å². The van der Waals surface area contributed by atoms with Gasteiger partial charge in [-0.2, -0.15) is 0 Å². The van der Waals surface area contributed by atoms with Gasteiger partial charge in [-0.3, -0.25) is 4.79 Å². The molecule has 0 aromatic rings. The molecule has 5 N–H and O–H groups in total. The Morgan fingerprint density at radius 1 is 1.43 bits per heavy atom. The van der Waals surface area contributed by atoms with Gasteiger partial charge in [-0.25, -0.2) is 0 Å². The van der Waals surface area contributed by atoms with Crippen molar-refractivity contribution in [2.45, 2.75) is 49.5 Å². The Morgan fingerprint density at radius 2 is 2.14 bits per heavy atom. The van der Waals surface area contributed by atoms with Gasteiger partial charge in [-0.15, -0.1) is 12.4 Å². The summed E-state index contributed by atoms with van der Waals surface area (Å²) in [5.41, 5.74) is 0. The Balaban J connectivity index is 0.00000220. The van der Waals surface area contributed by atoms with Gasteiger partial charge in [0.05, 0.1) is 12.6 Å². The molecule has 2 heterocycles. The molecule has 0 saturated carbocycles. The summed E-state index contributed by atoms with van der Waals surface area (Å²) in [6.45, 7) is 0.341. The number of amides is 1. The lowest BCUT2D eigenvalue weighted by atomic mass is 9.96. The van der Waals surface area contributed by atoms with Gasteiger partial charge in [0.2, 0.25) is 5.91 Å². The fourth-order valence-electron chi connectivity index (χ4n) is 2.61. The number of ether oxygens (including phenoxy) is 2. The quantitative estimate of drug-likeness (QED) is 0.395. The van der Waals surface area contributed by atoms with Crippen LogP contribution in [0.25, 0.3) is 0 Å². The van der Waals surface area contributed by atoms with Crippen LogP contribution in [0.4, 0.5) is 0 Å². The van der Waals surface area contributed by atoms with Crippen molar-refractivity contribution in [2.24, 2.45) is 0 Å². The maximum atomic E-state index is 12.1. The number of nitrogens with one attached hydrogen (secondary N) is 2. The van der Waals surface area contributed by atoms with E-state index < -0.39 is 37.3 Å². The van der Waals surface area contributed by atoms with Gasteiger partial charge in [-0.1, -0.05) is 0 Å². The monoisotopic (exact) mass is 326 g/mol. The van der Waals surface area contributed by atoms with Crippen LogP contribution < -0.4 is 10.6 Å². The smallest absolute Gasteiger partial charge is 0.237 e. The van der Waals surface area contributed by atoms with E-state index in [2.05, 4.69) is 10.6 Å². The van der Waals surface area contributed by atoms with Crippen molar-refractivity contribution in [3.63, 3.8) is 0 Å². The molecule has 124 valence electrons. The third-order valence-corrected chi connectivity index (χ3v) is 3.80. The largest absolute Gasteiger partial charge is 0.394 e. The van der Waals surface area contributed by atoms with Crippen molar-refractivity contribution in [3.8, 4) is 0 Å². The summed E-state index contributed by atoms with van der Waals surface area (Å²) in [6, 6.07) is -1.18. The molecule has 8 nitrogen and oxygen atoms in total. The minimum absolute atomic E-state index is 0. The van der Waals surface area contributed by atoms with Crippen LogP contribution in [0.3, 0.4) is 0 Å². The molecule has 2 aliphatic heterocycles. The first-order chi connectivity index (χ1) is 9.58. The first-order valence-corrected chi connectivity index (χ1v) is 6.77. The first kappa shape index (κ1) is 18.6. The van der Waals surface area contributed by atoms with Crippen LogP contribution in [0.15, 0.2) is 0 Å². The molecular weight excluding hydrogens is 304 g/mol. The molecule has 0 aromatic heterocycles. The topological polar surface area (TPSA) is 120 Å². The number of hydrogen-bond donors (Lipinski definition) is 5. The number of carbonyl (C=O) groups is 1. The van der Waals surface area contributed by atoms with Gasteiger partial charge < -0.3 is 35.4 Å². The van der Waals surface area contributed by atoms with Gasteiger partial charge >= 0.3 is 0 Å². The van der Waals surface area contributed by atoms with Gasteiger partial charge in [0.15, 0.2) is 6.29 Å². The highest BCUT2D eigenvalue weighted by Crippen LogP contribution is 2.22. The second-order valence-electron chi connectivity index (χ2n) is 5.13. The van der Waals surface area contributed by atoms with Crippen LogP contribution in [0.1, 0.15) is 12.8 Å². The van der Waals surface area contributed by atoms with Crippen molar-refractivity contribution < 1.29 is 29.6 Å². The fraction of sp³-hybridized carbons (Fsp3) is 0.917. The summed E-state index contributed by atoms with van der Waals surface area (Å²) in [6.07, 6.45) is -2.76. The lowest BCUT2D eigenvalue weighted by molar-refractivity contribution is -0.262. The zero-order valence-electron chi connectivity index (χ0n) is 11.8. The van der Waals surface area contributed by atoms with E-state index in [9.17, 15) is 15.0 Å². The molecule has 2 rings (SSSR count). The SMILES string of the molecule is CO[C@H]1O[C@H](CO)[C@@H](O)[C@H](O)[C@H]1NC(=O)[C@@H]1CCCN1.Cl. The summed E-state index contributed by atoms with van der Waals surface area (Å²) >= 11 is 0. The minimum Gasteiger partial charge on any atom is -0.394 e. The second kappa shape index (κ2) is 8.23. The normalized spacial score (nSPS) is 39.6. The van der Waals surface area contributed by atoms with Crippen LogP contribution in [0.5, 0.6) is 0 Å².